The summed E-state index contributed by atoms with van der Waals surface area (Å²) >= 11 is 0. The molecule has 3 N–H and O–H groups in total. The second kappa shape index (κ2) is 17.7. The Balaban J connectivity index is 0.00000729. The number of nitrogens with zero attached hydrogens (tertiary/aromatic N) is 1. The lowest BCUT2D eigenvalue weighted by molar-refractivity contribution is 0.0953. The fourth-order valence-corrected chi connectivity index (χ4v) is 2.39. The zero-order chi connectivity index (χ0) is 19.7. The van der Waals surface area contributed by atoms with Crippen LogP contribution in [0.25, 0.3) is 0 Å². The van der Waals surface area contributed by atoms with Crippen LogP contribution in [0.15, 0.2) is 29.3 Å². The van der Waals surface area contributed by atoms with E-state index in [1.54, 1.807) is 0 Å². The molecule has 0 spiro atoms. The molecule has 1 amide bonds. The van der Waals surface area contributed by atoms with Crippen LogP contribution >= 0.6 is 24.0 Å². The van der Waals surface area contributed by atoms with Gasteiger partial charge in [0.25, 0.3) is 5.91 Å². The van der Waals surface area contributed by atoms with Gasteiger partial charge in [-0.15, -0.1) is 24.0 Å². The van der Waals surface area contributed by atoms with Crippen molar-refractivity contribution in [1.82, 2.24) is 16.0 Å². The van der Waals surface area contributed by atoms with Gasteiger partial charge in [0.05, 0.1) is 6.54 Å². The third kappa shape index (κ3) is 12.2. The third-order valence-electron chi connectivity index (χ3n) is 3.89. The number of unbranched alkanes of at least 4 members (excludes halogenated alkanes) is 1. The largest absolute Gasteiger partial charge is 0.381 e. The Morgan fingerprint density at radius 1 is 1.00 bits per heavy atom. The molecule has 0 aliphatic heterocycles. The number of aliphatic imine (C=N–C) groups is 1. The number of hydrogen-bond acceptors (Lipinski definition) is 3. The third-order valence-corrected chi connectivity index (χ3v) is 3.89. The van der Waals surface area contributed by atoms with E-state index in [0.29, 0.717) is 18.7 Å². The van der Waals surface area contributed by atoms with Crippen LogP contribution in [0.3, 0.4) is 0 Å². The normalized spacial score (nSPS) is 10.9. The van der Waals surface area contributed by atoms with Gasteiger partial charge in [-0.25, -0.2) is 4.99 Å². The number of ether oxygens (including phenoxy) is 1. The first-order valence-electron chi connectivity index (χ1n) is 10.2. The first-order chi connectivity index (χ1) is 13.2. The number of halogens is 1. The van der Waals surface area contributed by atoms with Gasteiger partial charge < -0.3 is 20.7 Å². The Bertz CT molecular complexity index is 567. The first kappa shape index (κ1) is 26.6. The van der Waals surface area contributed by atoms with E-state index >= 15 is 0 Å². The van der Waals surface area contributed by atoms with E-state index in [1.165, 1.54) is 0 Å². The molecule has 0 aromatic heterocycles. The summed E-state index contributed by atoms with van der Waals surface area (Å²) < 4.78 is 5.57. The number of rotatable bonds is 13. The predicted octanol–water partition coefficient (Wildman–Crippen LogP) is 3.71. The Hall–Kier alpha value is -1.35. The average molecular weight is 504 g/mol. The van der Waals surface area contributed by atoms with Crippen LogP contribution in [0.1, 0.15) is 62.4 Å². The van der Waals surface area contributed by atoms with Gasteiger partial charge in [-0.3, -0.25) is 4.79 Å². The molecular formula is C21H37IN4O2. The van der Waals surface area contributed by atoms with Crippen LogP contribution in [-0.2, 0) is 11.3 Å². The smallest absolute Gasteiger partial charge is 0.251 e. The molecule has 7 heteroatoms. The van der Waals surface area contributed by atoms with Crippen LogP contribution in [0.2, 0.25) is 0 Å². The van der Waals surface area contributed by atoms with Crippen LogP contribution in [0.4, 0.5) is 0 Å². The van der Waals surface area contributed by atoms with E-state index < -0.39 is 0 Å². The number of amides is 1. The van der Waals surface area contributed by atoms with Crippen LogP contribution in [-0.4, -0.2) is 44.7 Å². The summed E-state index contributed by atoms with van der Waals surface area (Å²) in [6.45, 7) is 10.7. The summed E-state index contributed by atoms with van der Waals surface area (Å²) in [5.74, 6) is 0.752. The SMILES string of the molecule is CCCCOCCCNC(=NCc1cccc(C(=O)NCCC)c1)NCC.I. The van der Waals surface area contributed by atoms with Gasteiger partial charge in [-0.1, -0.05) is 32.4 Å². The van der Waals surface area contributed by atoms with Crippen molar-refractivity contribution in [2.75, 3.05) is 32.8 Å². The highest BCUT2D eigenvalue weighted by Crippen LogP contribution is 2.07. The molecule has 0 bridgehead atoms. The minimum atomic E-state index is -0.0317. The van der Waals surface area contributed by atoms with E-state index in [2.05, 4.69) is 27.9 Å². The molecule has 0 heterocycles. The fourth-order valence-electron chi connectivity index (χ4n) is 2.39. The van der Waals surface area contributed by atoms with Gasteiger partial charge in [0.2, 0.25) is 0 Å². The summed E-state index contributed by atoms with van der Waals surface area (Å²) in [7, 11) is 0. The monoisotopic (exact) mass is 504 g/mol. The highest BCUT2D eigenvalue weighted by molar-refractivity contribution is 14.0. The summed E-state index contributed by atoms with van der Waals surface area (Å²) in [5.41, 5.74) is 1.69. The quantitative estimate of drug-likeness (QED) is 0.166. The van der Waals surface area contributed by atoms with Crippen molar-refractivity contribution in [1.29, 1.82) is 0 Å². The number of guanidine groups is 1. The lowest BCUT2D eigenvalue weighted by Crippen LogP contribution is -2.38. The lowest BCUT2D eigenvalue weighted by atomic mass is 10.1. The molecule has 6 nitrogen and oxygen atoms in total. The number of carbonyl (C=O) groups is 1. The maximum absolute atomic E-state index is 12.1. The van der Waals surface area contributed by atoms with Crippen LogP contribution in [0.5, 0.6) is 0 Å². The Kier molecular flexibility index (Phi) is 16.9. The minimum absolute atomic E-state index is 0. The molecule has 0 aliphatic rings. The van der Waals surface area contributed by atoms with Gasteiger partial charge in [0, 0.05) is 38.4 Å². The molecule has 1 rings (SSSR count). The topological polar surface area (TPSA) is 74.8 Å². The van der Waals surface area contributed by atoms with Gasteiger partial charge in [0.1, 0.15) is 0 Å². The standard InChI is InChI=1S/C21H36N4O2.HI/c1-4-7-14-27-15-9-13-24-21(22-6-3)25-17-18-10-8-11-19(16-18)20(26)23-12-5-2;/h8,10-11,16H,4-7,9,12-15,17H2,1-3H3,(H,23,26)(H2,22,24,25);1H. The molecule has 0 fully saturated rings. The van der Waals surface area contributed by atoms with E-state index in [0.717, 1.165) is 63.5 Å². The second-order valence-electron chi connectivity index (χ2n) is 6.40. The highest BCUT2D eigenvalue weighted by atomic mass is 127. The molecule has 1 aromatic carbocycles. The Labute approximate surface area is 187 Å². The van der Waals surface area contributed by atoms with Gasteiger partial charge in [-0.2, -0.15) is 0 Å². The average Bonchev–Trinajstić information content (AvgIpc) is 2.69. The Morgan fingerprint density at radius 2 is 1.79 bits per heavy atom. The maximum atomic E-state index is 12.1. The van der Waals surface area contributed by atoms with Crippen molar-refractivity contribution in [2.45, 2.75) is 53.0 Å². The van der Waals surface area contributed by atoms with Gasteiger partial charge in [0.15, 0.2) is 5.96 Å². The molecule has 160 valence electrons. The van der Waals surface area contributed by atoms with Crippen molar-refractivity contribution in [3.8, 4) is 0 Å². The lowest BCUT2D eigenvalue weighted by Gasteiger charge is -2.11. The van der Waals surface area contributed by atoms with Crippen LogP contribution < -0.4 is 16.0 Å². The summed E-state index contributed by atoms with van der Waals surface area (Å²) in [5, 5.41) is 9.48. The number of nitrogens with one attached hydrogen (secondary N) is 3. The number of carbonyl (C=O) groups excluding carboxylic acids is 1. The second-order valence-corrected chi connectivity index (χ2v) is 6.40. The van der Waals surface area contributed by atoms with Crippen molar-refractivity contribution in [2.24, 2.45) is 4.99 Å². The highest BCUT2D eigenvalue weighted by Gasteiger charge is 2.05. The molecule has 0 aliphatic carbocycles. The molecule has 0 atom stereocenters. The van der Waals surface area contributed by atoms with E-state index in [1.807, 2.05) is 38.1 Å². The van der Waals surface area contributed by atoms with Crippen molar-refractivity contribution in [3.63, 3.8) is 0 Å². The van der Waals surface area contributed by atoms with Crippen molar-refractivity contribution >= 4 is 35.8 Å². The number of hydrogen-bond donors (Lipinski definition) is 3. The van der Waals surface area contributed by atoms with E-state index in [-0.39, 0.29) is 29.9 Å². The van der Waals surface area contributed by atoms with Crippen molar-refractivity contribution < 1.29 is 9.53 Å². The molecule has 1 aromatic rings. The van der Waals surface area contributed by atoms with E-state index in [4.69, 9.17) is 4.74 Å². The molecule has 0 unspecified atom stereocenters. The summed E-state index contributed by atoms with van der Waals surface area (Å²) in [6.07, 6.45) is 4.16. The number of benzene rings is 1. The predicted molar refractivity (Wildman–Crippen MR) is 128 cm³/mol. The van der Waals surface area contributed by atoms with Crippen molar-refractivity contribution in [3.05, 3.63) is 35.4 Å². The fraction of sp³-hybridized carbons (Fsp3) is 0.619. The molecule has 0 saturated heterocycles. The molecule has 0 saturated carbocycles. The van der Waals surface area contributed by atoms with Crippen LogP contribution in [0, 0.1) is 0 Å². The zero-order valence-electron chi connectivity index (χ0n) is 17.6. The zero-order valence-corrected chi connectivity index (χ0v) is 19.9. The molecule has 0 radical (unpaired) electrons. The molecular weight excluding hydrogens is 467 g/mol. The summed E-state index contributed by atoms with van der Waals surface area (Å²) in [6, 6.07) is 7.63. The van der Waals surface area contributed by atoms with Gasteiger partial charge >= 0.3 is 0 Å². The maximum Gasteiger partial charge on any atom is 0.251 e. The van der Waals surface area contributed by atoms with E-state index in [9.17, 15) is 4.79 Å². The first-order valence-corrected chi connectivity index (χ1v) is 10.2. The molecule has 28 heavy (non-hydrogen) atoms. The van der Waals surface area contributed by atoms with Gasteiger partial charge in [-0.05, 0) is 43.9 Å². The minimum Gasteiger partial charge on any atom is -0.381 e. The Morgan fingerprint density at radius 3 is 2.50 bits per heavy atom. The summed E-state index contributed by atoms with van der Waals surface area (Å²) in [4.78, 5) is 16.7.